The van der Waals surface area contributed by atoms with Gasteiger partial charge in [0.25, 0.3) is 0 Å². The molecule has 3 aliphatic rings. The summed E-state index contributed by atoms with van der Waals surface area (Å²) in [5.41, 5.74) is 0.595. The first-order valence-electron chi connectivity index (χ1n) is 12.6. The van der Waals surface area contributed by atoms with Crippen LogP contribution in [-0.4, -0.2) is 99.0 Å². The zero-order valence-corrected chi connectivity index (χ0v) is 19.4. The van der Waals surface area contributed by atoms with Crippen LogP contribution in [0.3, 0.4) is 0 Å². The molecule has 0 atom stereocenters. The summed E-state index contributed by atoms with van der Waals surface area (Å²) < 4.78 is 6.16. The minimum absolute atomic E-state index is 0.274. The van der Waals surface area contributed by atoms with Crippen LogP contribution in [0.2, 0.25) is 0 Å². The Balaban J connectivity index is 1.05. The molecule has 0 radical (unpaired) electrons. The number of nitrogens with zero attached hydrogens (tertiary/aromatic N) is 3. The van der Waals surface area contributed by atoms with Crippen LogP contribution in [0.4, 0.5) is 0 Å². The Morgan fingerprint density at radius 2 is 1.69 bits per heavy atom. The fourth-order valence-electron chi connectivity index (χ4n) is 5.02. The summed E-state index contributed by atoms with van der Waals surface area (Å²) in [6, 6.07) is 9.18. The summed E-state index contributed by atoms with van der Waals surface area (Å²) in [5, 5.41) is 5.28. The molecule has 1 N–H and O–H groups in total. The number of carbonyl (C=O) groups is 1. The van der Waals surface area contributed by atoms with Gasteiger partial charge in [-0.3, -0.25) is 0 Å². The van der Waals surface area contributed by atoms with Crippen molar-refractivity contribution in [3.05, 3.63) is 35.9 Å². The van der Waals surface area contributed by atoms with Gasteiger partial charge in [-0.25, -0.2) is 4.79 Å². The second-order valence-electron chi connectivity index (χ2n) is 9.43. The fraction of sp³-hybridized carbons (Fsp3) is 0.720. The first-order chi connectivity index (χ1) is 15.8. The molecule has 3 saturated heterocycles. The summed E-state index contributed by atoms with van der Waals surface area (Å²) in [5.74, 6) is 0.578. The summed E-state index contributed by atoms with van der Waals surface area (Å²) in [7, 11) is 0. The molecule has 0 saturated carbocycles. The molecule has 1 aromatic rings. The predicted octanol–water partition coefficient (Wildman–Crippen LogP) is 2.25. The van der Waals surface area contributed by atoms with Gasteiger partial charge in [-0.15, -0.1) is 5.06 Å². The maximum absolute atomic E-state index is 12.2. The fourth-order valence-corrected chi connectivity index (χ4v) is 5.02. The van der Waals surface area contributed by atoms with Crippen molar-refractivity contribution in [2.45, 2.75) is 38.2 Å². The highest BCUT2D eigenvalue weighted by atomic mass is 16.7. The van der Waals surface area contributed by atoms with E-state index in [2.05, 4.69) is 15.1 Å². The van der Waals surface area contributed by atoms with Crippen molar-refractivity contribution >= 4 is 5.97 Å². The van der Waals surface area contributed by atoms with Gasteiger partial charge < -0.3 is 24.7 Å². The molecule has 7 heteroatoms. The largest absolute Gasteiger partial charge is 0.377 e. The van der Waals surface area contributed by atoms with Crippen molar-refractivity contribution in [3.8, 4) is 0 Å². The van der Waals surface area contributed by atoms with Crippen molar-refractivity contribution < 1.29 is 14.4 Å². The third kappa shape index (κ3) is 7.52. The van der Waals surface area contributed by atoms with Crippen LogP contribution in [0, 0.1) is 5.92 Å². The lowest BCUT2D eigenvalue weighted by Crippen LogP contribution is -2.42. The number of likely N-dealkylation sites (tertiary alicyclic amines) is 1. The van der Waals surface area contributed by atoms with Gasteiger partial charge in [0.15, 0.2) is 0 Å². The number of benzene rings is 1. The lowest BCUT2D eigenvalue weighted by Gasteiger charge is -2.35. The van der Waals surface area contributed by atoms with Gasteiger partial charge in [0.1, 0.15) is 0 Å². The van der Waals surface area contributed by atoms with Gasteiger partial charge in [-0.05, 0) is 76.3 Å². The topological polar surface area (TPSA) is 57.3 Å². The first-order valence-corrected chi connectivity index (χ1v) is 12.6. The number of hydrogen-bond acceptors (Lipinski definition) is 7. The van der Waals surface area contributed by atoms with Crippen LogP contribution in [0.1, 0.15) is 42.5 Å². The van der Waals surface area contributed by atoms with Crippen molar-refractivity contribution in [2.24, 2.45) is 5.92 Å². The first kappa shape index (κ1) is 23.6. The van der Waals surface area contributed by atoms with E-state index < -0.39 is 0 Å². The Bertz CT molecular complexity index is 665. The molecule has 0 aromatic heterocycles. The molecule has 3 aliphatic heterocycles. The SMILES string of the molecule is O=C(ON1CCC(OCCN2CCC(CN3CCCNCC3)CC2)CC1)c1ccccc1. The van der Waals surface area contributed by atoms with E-state index in [1.165, 1.54) is 58.5 Å². The number of carbonyl (C=O) groups excluding carboxylic acids is 1. The molecule has 0 amide bonds. The van der Waals surface area contributed by atoms with E-state index >= 15 is 0 Å². The molecular formula is C25H40N4O3. The van der Waals surface area contributed by atoms with Crippen molar-refractivity contribution in [3.63, 3.8) is 0 Å². The van der Waals surface area contributed by atoms with Crippen molar-refractivity contribution in [1.29, 1.82) is 0 Å². The molecule has 0 bridgehead atoms. The van der Waals surface area contributed by atoms with E-state index in [0.29, 0.717) is 5.56 Å². The molecule has 7 nitrogen and oxygen atoms in total. The average molecular weight is 445 g/mol. The molecule has 0 unspecified atom stereocenters. The molecule has 178 valence electrons. The number of rotatable bonds is 8. The van der Waals surface area contributed by atoms with Gasteiger partial charge >= 0.3 is 5.97 Å². The highest BCUT2D eigenvalue weighted by Gasteiger charge is 2.24. The molecule has 32 heavy (non-hydrogen) atoms. The predicted molar refractivity (Wildman–Crippen MR) is 125 cm³/mol. The number of hydrogen-bond donors (Lipinski definition) is 1. The van der Waals surface area contributed by atoms with E-state index in [0.717, 1.165) is 51.5 Å². The Morgan fingerprint density at radius 3 is 2.47 bits per heavy atom. The van der Waals surface area contributed by atoms with Crippen LogP contribution >= 0.6 is 0 Å². The number of nitrogens with one attached hydrogen (secondary N) is 1. The van der Waals surface area contributed by atoms with E-state index in [-0.39, 0.29) is 12.1 Å². The van der Waals surface area contributed by atoms with Crippen LogP contribution in [0.15, 0.2) is 30.3 Å². The molecule has 3 fully saturated rings. The third-order valence-electron chi connectivity index (χ3n) is 7.04. The van der Waals surface area contributed by atoms with Gasteiger partial charge in [-0.2, -0.15) is 0 Å². The van der Waals surface area contributed by atoms with Gasteiger partial charge in [0.2, 0.25) is 0 Å². The number of ether oxygens (including phenoxy) is 1. The van der Waals surface area contributed by atoms with Crippen LogP contribution in [0.25, 0.3) is 0 Å². The van der Waals surface area contributed by atoms with Crippen LogP contribution in [-0.2, 0) is 9.57 Å². The molecule has 4 rings (SSSR count). The number of hydroxylamine groups is 2. The monoisotopic (exact) mass is 444 g/mol. The highest BCUT2D eigenvalue weighted by Crippen LogP contribution is 2.19. The van der Waals surface area contributed by atoms with Crippen LogP contribution < -0.4 is 5.32 Å². The summed E-state index contributed by atoms with van der Waals surface area (Å²) in [4.78, 5) is 22.9. The van der Waals surface area contributed by atoms with Crippen molar-refractivity contribution in [2.75, 3.05) is 72.1 Å². The lowest BCUT2D eigenvalue weighted by atomic mass is 9.96. The van der Waals surface area contributed by atoms with E-state index in [9.17, 15) is 4.79 Å². The Morgan fingerprint density at radius 1 is 0.906 bits per heavy atom. The standard InChI is InChI=1S/C25H40N4O3/c30-25(23-5-2-1-3-6-23)32-29-16-9-24(10-17-29)31-20-19-27-14-7-22(8-15-27)21-28-13-4-11-26-12-18-28/h1-3,5-6,22,24,26H,4,7-21H2. The smallest absolute Gasteiger partial charge is 0.357 e. The zero-order valence-electron chi connectivity index (χ0n) is 19.4. The van der Waals surface area contributed by atoms with E-state index in [1.54, 1.807) is 17.2 Å². The quantitative estimate of drug-likeness (QED) is 0.660. The average Bonchev–Trinajstić information content (AvgIpc) is 3.10. The maximum Gasteiger partial charge on any atom is 0.357 e. The minimum atomic E-state index is -0.277. The van der Waals surface area contributed by atoms with Gasteiger partial charge in [0, 0.05) is 39.3 Å². The summed E-state index contributed by atoms with van der Waals surface area (Å²) in [6.45, 7) is 11.8. The Labute approximate surface area is 193 Å². The van der Waals surface area contributed by atoms with Gasteiger partial charge in [0.05, 0.1) is 18.3 Å². The zero-order chi connectivity index (χ0) is 22.0. The molecule has 1 aromatic carbocycles. The third-order valence-corrected chi connectivity index (χ3v) is 7.04. The molecule has 0 aliphatic carbocycles. The van der Waals surface area contributed by atoms with E-state index in [1.807, 2.05) is 18.2 Å². The van der Waals surface area contributed by atoms with Crippen LogP contribution in [0.5, 0.6) is 0 Å². The van der Waals surface area contributed by atoms with Crippen molar-refractivity contribution in [1.82, 2.24) is 20.2 Å². The molecule has 0 spiro atoms. The minimum Gasteiger partial charge on any atom is -0.377 e. The molecule has 3 heterocycles. The second-order valence-corrected chi connectivity index (χ2v) is 9.43. The Hall–Kier alpha value is -1.51. The summed E-state index contributed by atoms with van der Waals surface area (Å²) in [6.07, 6.45) is 6.01. The normalized spacial score (nSPS) is 23.1. The molecular weight excluding hydrogens is 404 g/mol. The van der Waals surface area contributed by atoms with Gasteiger partial charge in [-0.1, -0.05) is 18.2 Å². The highest BCUT2D eigenvalue weighted by molar-refractivity contribution is 5.89. The second kappa shape index (κ2) is 12.7. The van der Waals surface area contributed by atoms with E-state index in [4.69, 9.17) is 9.57 Å². The lowest BCUT2D eigenvalue weighted by molar-refractivity contribution is -0.140. The maximum atomic E-state index is 12.2. The Kier molecular flexibility index (Phi) is 9.35. The number of piperidine rings is 2. The summed E-state index contributed by atoms with van der Waals surface area (Å²) >= 11 is 0.